The topological polar surface area (TPSA) is 17.1 Å². The molecule has 14 heavy (non-hydrogen) atoms. The first-order valence-electron chi connectivity index (χ1n) is 5.18. The minimum absolute atomic E-state index is 0.177. The third kappa shape index (κ3) is 1.12. The quantitative estimate of drug-likeness (QED) is 0.662. The number of fused-ring (bicyclic) bond motifs is 1. The number of hydrogen-bond donors (Lipinski definition) is 0. The molecule has 0 bridgehead atoms. The summed E-state index contributed by atoms with van der Waals surface area (Å²) in [6, 6.07) is 7.98. The second-order valence-electron chi connectivity index (χ2n) is 4.74. The highest BCUT2D eigenvalue weighted by molar-refractivity contribution is 6.04. The van der Waals surface area contributed by atoms with E-state index in [9.17, 15) is 4.79 Å². The number of rotatable bonds is 1. The zero-order chi connectivity index (χ0) is 10.3. The summed E-state index contributed by atoms with van der Waals surface area (Å²) in [6.45, 7) is 6.34. The molecule has 0 aromatic heterocycles. The zero-order valence-electron chi connectivity index (χ0n) is 9.00. The van der Waals surface area contributed by atoms with Crippen LogP contribution in [0.25, 0.3) is 0 Å². The van der Waals surface area contributed by atoms with Gasteiger partial charge in [-0.05, 0) is 17.9 Å². The van der Waals surface area contributed by atoms with E-state index < -0.39 is 0 Å². The monoisotopic (exact) mass is 188 g/mol. The van der Waals surface area contributed by atoms with Crippen LogP contribution in [0.5, 0.6) is 0 Å². The third-order valence-corrected chi connectivity index (χ3v) is 3.61. The van der Waals surface area contributed by atoms with Gasteiger partial charge in [-0.1, -0.05) is 45.0 Å². The van der Waals surface area contributed by atoms with Gasteiger partial charge in [0.05, 0.1) is 0 Å². The highest BCUT2D eigenvalue weighted by Gasteiger charge is 2.43. The van der Waals surface area contributed by atoms with Crippen LogP contribution in [0.3, 0.4) is 0 Å². The molecule has 0 radical (unpaired) electrons. The summed E-state index contributed by atoms with van der Waals surface area (Å²) in [6.07, 6.45) is 0.902. The Morgan fingerprint density at radius 1 is 1.29 bits per heavy atom. The van der Waals surface area contributed by atoms with Crippen molar-refractivity contribution in [2.24, 2.45) is 11.3 Å². The molecule has 0 spiro atoms. The predicted octanol–water partition coefficient (Wildman–Crippen LogP) is 3.09. The first-order chi connectivity index (χ1) is 6.55. The van der Waals surface area contributed by atoms with E-state index >= 15 is 0 Å². The SMILES string of the molecule is CC(C)C1(C)Cc2ccccc2C1=O. The molecular weight excluding hydrogens is 172 g/mol. The van der Waals surface area contributed by atoms with Crippen LogP contribution in [0.1, 0.15) is 36.7 Å². The second kappa shape index (κ2) is 2.94. The van der Waals surface area contributed by atoms with Gasteiger partial charge >= 0.3 is 0 Å². The van der Waals surface area contributed by atoms with Crippen LogP contribution in [0.4, 0.5) is 0 Å². The Hall–Kier alpha value is -1.11. The van der Waals surface area contributed by atoms with Crippen LogP contribution in [0, 0.1) is 11.3 Å². The lowest BCUT2D eigenvalue weighted by Gasteiger charge is -2.26. The summed E-state index contributed by atoms with van der Waals surface area (Å²) in [5, 5.41) is 0. The Labute approximate surface area is 85.1 Å². The average Bonchev–Trinajstić information content (AvgIpc) is 2.42. The Morgan fingerprint density at radius 3 is 2.50 bits per heavy atom. The largest absolute Gasteiger partial charge is 0.294 e. The van der Waals surface area contributed by atoms with Crippen LogP contribution >= 0.6 is 0 Å². The number of ketones is 1. The van der Waals surface area contributed by atoms with E-state index in [-0.39, 0.29) is 5.41 Å². The van der Waals surface area contributed by atoms with E-state index in [1.165, 1.54) is 5.56 Å². The molecule has 1 aliphatic rings. The zero-order valence-corrected chi connectivity index (χ0v) is 9.00. The first kappa shape index (κ1) is 9.45. The molecule has 0 N–H and O–H groups in total. The fourth-order valence-corrected chi connectivity index (χ4v) is 2.15. The van der Waals surface area contributed by atoms with Crippen molar-refractivity contribution in [3.63, 3.8) is 0 Å². The van der Waals surface area contributed by atoms with Crippen molar-refractivity contribution in [1.29, 1.82) is 0 Å². The molecular formula is C13H16O. The van der Waals surface area contributed by atoms with Gasteiger partial charge in [-0.15, -0.1) is 0 Å². The molecule has 1 heteroatoms. The summed E-state index contributed by atoms with van der Waals surface area (Å²) >= 11 is 0. The molecule has 0 heterocycles. The molecule has 1 aromatic rings. The standard InChI is InChI=1S/C13H16O/c1-9(2)13(3)8-10-6-4-5-7-11(10)12(13)14/h4-7,9H,8H2,1-3H3. The summed E-state index contributed by atoms with van der Waals surface area (Å²) in [5.41, 5.74) is 1.97. The maximum atomic E-state index is 12.2. The number of benzene rings is 1. The van der Waals surface area contributed by atoms with Crippen molar-refractivity contribution < 1.29 is 4.79 Å². The van der Waals surface area contributed by atoms with E-state index in [0.717, 1.165) is 12.0 Å². The van der Waals surface area contributed by atoms with Gasteiger partial charge in [0, 0.05) is 11.0 Å². The van der Waals surface area contributed by atoms with Gasteiger partial charge in [0.2, 0.25) is 0 Å². The van der Waals surface area contributed by atoms with E-state index in [2.05, 4.69) is 26.8 Å². The molecule has 0 aliphatic heterocycles. The van der Waals surface area contributed by atoms with Crippen LogP contribution in [-0.4, -0.2) is 5.78 Å². The fraction of sp³-hybridized carbons (Fsp3) is 0.462. The Kier molecular flexibility index (Phi) is 1.99. The molecule has 2 rings (SSSR count). The summed E-state index contributed by atoms with van der Waals surface area (Å²) in [5.74, 6) is 0.727. The molecule has 0 amide bonds. The predicted molar refractivity (Wildman–Crippen MR) is 57.4 cm³/mol. The molecule has 0 saturated carbocycles. The molecule has 1 aliphatic carbocycles. The van der Waals surface area contributed by atoms with Crippen molar-refractivity contribution in [2.75, 3.05) is 0 Å². The highest BCUT2D eigenvalue weighted by atomic mass is 16.1. The van der Waals surface area contributed by atoms with Crippen molar-refractivity contribution in [2.45, 2.75) is 27.2 Å². The Bertz CT molecular complexity index is 379. The summed E-state index contributed by atoms with van der Waals surface area (Å²) in [4.78, 5) is 12.2. The smallest absolute Gasteiger partial charge is 0.169 e. The van der Waals surface area contributed by atoms with E-state index in [1.54, 1.807) is 0 Å². The molecule has 0 saturated heterocycles. The summed E-state index contributed by atoms with van der Waals surface area (Å²) in [7, 11) is 0. The maximum Gasteiger partial charge on any atom is 0.169 e. The van der Waals surface area contributed by atoms with E-state index in [4.69, 9.17) is 0 Å². The molecule has 1 unspecified atom stereocenters. The lowest BCUT2D eigenvalue weighted by Crippen LogP contribution is -2.30. The van der Waals surface area contributed by atoms with Gasteiger partial charge in [-0.25, -0.2) is 0 Å². The molecule has 0 fully saturated rings. The van der Waals surface area contributed by atoms with Gasteiger partial charge in [-0.3, -0.25) is 4.79 Å². The minimum Gasteiger partial charge on any atom is -0.294 e. The lowest BCUT2D eigenvalue weighted by atomic mass is 9.76. The van der Waals surface area contributed by atoms with Gasteiger partial charge in [-0.2, -0.15) is 0 Å². The molecule has 1 atom stereocenters. The minimum atomic E-state index is -0.177. The Balaban J connectivity index is 2.49. The van der Waals surface area contributed by atoms with Crippen molar-refractivity contribution in [3.05, 3.63) is 35.4 Å². The average molecular weight is 188 g/mol. The molecule has 74 valence electrons. The van der Waals surface area contributed by atoms with Crippen LogP contribution < -0.4 is 0 Å². The number of carbonyl (C=O) groups excluding carboxylic acids is 1. The molecule has 1 aromatic carbocycles. The Morgan fingerprint density at radius 2 is 1.93 bits per heavy atom. The van der Waals surface area contributed by atoms with Crippen molar-refractivity contribution in [1.82, 2.24) is 0 Å². The van der Waals surface area contributed by atoms with Crippen LogP contribution in [0.2, 0.25) is 0 Å². The van der Waals surface area contributed by atoms with E-state index in [1.807, 2.05) is 18.2 Å². The van der Waals surface area contributed by atoms with E-state index in [0.29, 0.717) is 11.7 Å². The lowest BCUT2D eigenvalue weighted by molar-refractivity contribution is 0.0772. The van der Waals surface area contributed by atoms with Crippen molar-refractivity contribution in [3.8, 4) is 0 Å². The summed E-state index contributed by atoms with van der Waals surface area (Å²) < 4.78 is 0. The van der Waals surface area contributed by atoms with Gasteiger partial charge in [0.25, 0.3) is 0 Å². The van der Waals surface area contributed by atoms with Crippen LogP contribution in [-0.2, 0) is 6.42 Å². The number of hydrogen-bond acceptors (Lipinski definition) is 1. The van der Waals surface area contributed by atoms with Crippen molar-refractivity contribution >= 4 is 5.78 Å². The first-order valence-corrected chi connectivity index (χ1v) is 5.18. The number of carbonyl (C=O) groups is 1. The fourth-order valence-electron chi connectivity index (χ4n) is 2.15. The number of Topliss-reactive ketones (excluding diaryl/α,β-unsaturated/α-hetero) is 1. The normalized spacial score (nSPS) is 25.6. The maximum absolute atomic E-state index is 12.2. The van der Waals surface area contributed by atoms with Gasteiger partial charge < -0.3 is 0 Å². The highest BCUT2D eigenvalue weighted by Crippen LogP contribution is 2.41. The second-order valence-corrected chi connectivity index (χ2v) is 4.74. The van der Waals surface area contributed by atoms with Gasteiger partial charge in [0.15, 0.2) is 5.78 Å². The third-order valence-electron chi connectivity index (χ3n) is 3.61. The molecule has 1 nitrogen and oxygen atoms in total. The van der Waals surface area contributed by atoms with Gasteiger partial charge in [0.1, 0.15) is 0 Å². The van der Waals surface area contributed by atoms with Crippen LogP contribution in [0.15, 0.2) is 24.3 Å².